The van der Waals surface area contributed by atoms with Crippen LogP contribution in [-0.4, -0.2) is 189 Å². The zero-order valence-electron chi connectivity index (χ0n) is 77.7. The Hall–Kier alpha value is -8.49. The van der Waals surface area contributed by atoms with Gasteiger partial charge in [-0.25, -0.2) is 39.3 Å². The largest absolute Gasteiger partial charge is 0.490 e. The molecule has 0 unspecified atom stereocenters. The Morgan fingerprint density at radius 1 is 0.524 bits per heavy atom. The van der Waals surface area contributed by atoms with E-state index in [2.05, 4.69) is 126 Å². The van der Waals surface area contributed by atoms with Gasteiger partial charge in [-0.2, -0.15) is 13.2 Å². The van der Waals surface area contributed by atoms with E-state index in [4.69, 9.17) is 37.5 Å². The number of carbonyl (C=O) groups excluding carboxylic acids is 4. The molecular formula is C93H139BBrClF4N13O10Pd-. The van der Waals surface area contributed by atoms with E-state index < -0.39 is 36.4 Å². The van der Waals surface area contributed by atoms with Gasteiger partial charge in [0.15, 0.2) is 0 Å². The Labute approximate surface area is 766 Å². The molecule has 5 aromatic carbocycles. The van der Waals surface area contributed by atoms with Crippen molar-refractivity contribution in [2.45, 2.75) is 267 Å². The number of benzene rings is 5. The number of nitrogens with one attached hydrogen (secondary N) is 5. The zero-order chi connectivity index (χ0) is 90.7. The van der Waals surface area contributed by atoms with Crippen molar-refractivity contribution in [3.8, 4) is 0 Å². The van der Waals surface area contributed by atoms with Crippen LogP contribution in [0.25, 0.3) is 60.7 Å². The number of ether oxygens (including phenoxy) is 3. The van der Waals surface area contributed by atoms with E-state index >= 15 is 0 Å². The first-order valence-corrected chi connectivity index (χ1v) is 42.0. The third kappa shape index (κ3) is 33.7. The number of aliphatic hydroxyl groups is 1. The number of aldehydes is 1. The van der Waals surface area contributed by atoms with Gasteiger partial charge >= 0.3 is 31.6 Å². The van der Waals surface area contributed by atoms with Gasteiger partial charge in [0.2, 0.25) is 6.29 Å². The van der Waals surface area contributed by atoms with Crippen LogP contribution in [-0.2, 0) is 48.7 Å². The summed E-state index contributed by atoms with van der Waals surface area (Å²) in [5, 5.41) is 7.00. The zero-order valence-corrected chi connectivity index (χ0v) is 78.6. The minimum absolute atomic E-state index is 0. The number of fused-ring (bicyclic) bond motifs is 5. The molecule has 2 aliphatic carbocycles. The van der Waals surface area contributed by atoms with Gasteiger partial charge in [0.05, 0.1) is 101 Å². The van der Waals surface area contributed by atoms with Gasteiger partial charge < -0.3 is 75.7 Å². The number of amides is 3. The van der Waals surface area contributed by atoms with Crippen molar-refractivity contribution in [3.63, 3.8) is 0 Å². The van der Waals surface area contributed by atoms with Crippen molar-refractivity contribution >= 4 is 121 Å². The molecule has 23 nitrogen and oxygen atoms in total. The molecule has 4 fully saturated rings. The number of hydrogen-bond donors (Lipinski definition) is 6. The second-order valence-corrected chi connectivity index (χ2v) is 34.0. The SMILES string of the molecule is Brc1cccc2[nH]cnc12.C.CC(C)(C)OC(=O)N1CC=C(B2OC(C)(C)C(C)(C)O2)CC1.CC(C)(C)OC(=O)N1CC=C(c2cccc3[nH]cnc23)CC1.CC(C)(C)OC(=O)N1CCC(c2cccc3[nH]cnc23)CC1.CO.Cl.O=CC(F)(F)F.[2H]CC.[2H]CC.[2H]CF.[CH3-].[HH].[Pd].c1cc(C2CCCCC2)c2nc[nH]c2c1.c1cc(C2CCCCC2)c2nc[nH]c2c1. The molecule has 6 N–H and O–H groups in total. The van der Waals surface area contributed by atoms with Crippen molar-refractivity contribution in [1.29, 1.82) is 0 Å². The van der Waals surface area contributed by atoms with Crippen molar-refractivity contribution < 1.29 is 91.3 Å². The predicted molar refractivity (Wildman–Crippen MR) is 499 cm³/mol. The number of hydrogen-bond acceptors (Lipinski definition) is 15. The van der Waals surface area contributed by atoms with Crippen LogP contribution in [0.4, 0.5) is 31.9 Å². The van der Waals surface area contributed by atoms with Gasteiger partial charge in [0.25, 0.3) is 0 Å². The minimum atomic E-state index is -4.64. The first-order valence-electron chi connectivity index (χ1n) is 43.3. The number of alkyl halides is 4. The maximum atomic E-state index is 12.1. The maximum Gasteiger partial charge on any atom is 0.490 e. The summed E-state index contributed by atoms with van der Waals surface area (Å²) in [5.41, 5.74) is 16.6. The van der Waals surface area contributed by atoms with Crippen molar-refractivity contribution in [2.24, 2.45) is 0 Å². The topological polar surface area (TPSA) is 288 Å². The van der Waals surface area contributed by atoms with Crippen LogP contribution in [0.2, 0.25) is 0 Å². The van der Waals surface area contributed by atoms with Crippen LogP contribution in [0.1, 0.15) is 261 Å². The molecule has 5 aromatic heterocycles. The number of nitrogens with zero attached hydrogens (tertiary/aromatic N) is 8. The molecule has 0 bridgehead atoms. The summed E-state index contributed by atoms with van der Waals surface area (Å²) in [4.78, 5) is 87.7. The molecule has 2 saturated carbocycles. The van der Waals surface area contributed by atoms with Crippen molar-refractivity contribution in [2.75, 3.05) is 53.5 Å². The van der Waals surface area contributed by atoms with Gasteiger partial charge in [-0.05, 0) is 239 Å². The van der Waals surface area contributed by atoms with Crippen molar-refractivity contribution in [1.82, 2.24) is 64.5 Å². The number of aliphatic hydroxyl groups excluding tert-OH is 1. The molecular weight excluding hydrogens is 1770 g/mol. The Morgan fingerprint density at radius 2 is 0.831 bits per heavy atom. The molecule has 0 radical (unpaired) electrons. The molecule has 0 spiro atoms. The summed E-state index contributed by atoms with van der Waals surface area (Å²) in [6.07, 6.45) is 23.6. The molecule has 6 aliphatic rings. The van der Waals surface area contributed by atoms with E-state index in [1.165, 1.54) is 109 Å². The first-order chi connectivity index (χ1) is 58.4. The minimum Gasteiger partial charge on any atom is -0.444 e. The van der Waals surface area contributed by atoms with E-state index in [9.17, 15) is 31.9 Å². The van der Waals surface area contributed by atoms with Crippen LogP contribution in [0.3, 0.4) is 0 Å². The quantitative estimate of drug-likeness (QED) is 0.0307. The van der Waals surface area contributed by atoms with Crippen LogP contribution in [0.15, 0.2) is 145 Å². The van der Waals surface area contributed by atoms with Gasteiger partial charge in [0.1, 0.15) is 22.3 Å². The standard InChI is InChI=1S/C17H23N3O2.C17H21N3O2.C16H28BNO4.2C13H16N2.C7H5BrN2.C2HF3O.2C2H6.CH3F.CH4O.CH4.CH3.ClH.Pd.H2/c2*1-17(2,3)22-16(21)20-9-7-12(8-10-20)13-5-4-6-14-15(13)19-11-18-14;1-14(2,3)20-13(19)18-10-8-12(9-11-18)17-21-15(4,5)16(6,7)22-17;2*1-2-5-10(6-3-1)11-7-4-8-12-13(11)15-9-14-12;8-5-2-1-3-6-7(5)10-4-9-6;3-2(4,5)1-6;4*1-2;;;;;/h4-6,11-12H,7-10H2,1-3H3,(H,18,19);4-7,11H,8-10H2,1-3H3,(H,18,19);8H,9-11H2,1-7H3;2*4,7-10H,1-3,5-6H2,(H,14,15);1-4H,(H,9,10);1H;2*1-2H3;1H3;2H,1H3;1H4;1H3;1H;;1H/q;;;;;;;;;;;;-1;;;/i;;;;;;;3*1D;;;;;;. The number of aromatic nitrogens is 10. The van der Waals surface area contributed by atoms with Crippen LogP contribution in [0.5, 0.6) is 0 Å². The third-order valence-corrected chi connectivity index (χ3v) is 21.4. The van der Waals surface area contributed by atoms with Gasteiger partial charge in [-0.1, -0.05) is 140 Å². The number of imidazole rings is 5. The molecule has 10 aromatic rings. The number of rotatable bonds is 5. The van der Waals surface area contributed by atoms with E-state index in [-0.39, 0.29) is 85.7 Å². The number of likely N-dealkylation sites (tertiary alicyclic amines) is 1. The molecule has 16 rings (SSSR count). The molecule has 9 heterocycles. The van der Waals surface area contributed by atoms with Gasteiger partial charge in [0, 0.05) is 81.0 Å². The van der Waals surface area contributed by atoms with Gasteiger partial charge in [-0.3, -0.25) is 9.18 Å². The number of carbonyl (C=O) groups is 4. The fourth-order valence-corrected chi connectivity index (χ4v) is 14.9. The van der Waals surface area contributed by atoms with Gasteiger partial charge in [-0.15, -0.1) is 12.4 Å². The number of aromatic amines is 5. The van der Waals surface area contributed by atoms with E-state index in [1.807, 2.05) is 137 Å². The second-order valence-electron chi connectivity index (χ2n) is 33.1. The Kier molecular flexibility index (Phi) is 45.5. The van der Waals surface area contributed by atoms with Crippen LogP contribution >= 0.6 is 28.3 Å². The molecule has 4 aliphatic heterocycles. The fourth-order valence-electron chi connectivity index (χ4n) is 14.4. The Morgan fingerprint density at radius 3 is 1.16 bits per heavy atom. The summed E-state index contributed by atoms with van der Waals surface area (Å²) in [6.45, 7) is 33.6. The summed E-state index contributed by atoms with van der Waals surface area (Å²) < 4.78 is 88.6. The number of piperidine rings is 1. The number of halogens is 6. The molecule has 692 valence electrons. The predicted octanol–water partition coefficient (Wildman–Crippen LogP) is 24.7. The summed E-state index contributed by atoms with van der Waals surface area (Å²) >= 11 is 3.39. The second kappa shape index (κ2) is 53.2. The molecule has 3 amide bonds. The normalized spacial score (nSPS) is 16.5. The van der Waals surface area contributed by atoms with E-state index in [1.54, 1.807) is 55.3 Å². The first kappa shape index (κ1) is 106. The van der Waals surface area contributed by atoms with E-state index in [0.717, 1.165) is 106 Å². The summed E-state index contributed by atoms with van der Waals surface area (Å²) in [5.74, 6) is 1.93. The number of H-pyrrole nitrogens is 5. The molecule has 31 heteroatoms. The number of para-hydroxylation sites is 5. The third-order valence-electron chi connectivity index (χ3n) is 20.8. The van der Waals surface area contributed by atoms with Crippen molar-refractivity contribution in [3.05, 3.63) is 174 Å². The average molecular weight is 1910 g/mol. The average Bonchev–Trinajstić information content (AvgIpc) is 1.62. The molecule has 2 saturated heterocycles. The molecule has 0 atom stereocenters. The fraction of sp³-hybridized carbons (Fsp3) is 0.527. The Bertz CT molecular complexity index is 4810. The smallest absolute Gasteiger partial charge is 0.444 e. The summed E-state index contributed by atoms with van der Waals surface area (Å²) in [7, 11) is -0.314. The van der Waals surface area contributed by atoms with Crippen LogP contribution < -0.4 is 0 Å². The monoisotopic (exact) mass is 1910 g/mol. The Balaban J connectivity index is 0.000000743. The molecule has 124 heavy (non-hydrogen) atoms. The van der Waals surface area contributed by atoms with E-state index in [0.29, 0.717) is 45.9 Å². The summed E-state index contributed by atoms with van der Waals surface area (Å²) in [6, 6.07) is 31.3. The van der Waals surface area contributed by atoms with Crippen LogP contribution in [0, 0.1) is 7.43 Å². The maximum absolute atomic E-state index is 12.1.